The standard InChI is InChI=1S/C13H13N5O2S/c14-5-1-7-18(8-2-6-15)21(19,20)13-4-3-12(17)9-11(13)10-16/h3-4,9H,1-2,7-8,17H2. The van der Waals surface area contributed by atoms with E-state index in [2.05, 4.69) is 0 Å². The summed E-state index contributed by atoms with van der Waals surface area (Å²) in [5.41, 5.74) is 5.76. The van der Waals surface area contributed by atoms with Gasteiger partial charge < -0.3 is 5.73 Å². The smallest absolute Gasteiger partial charge is 0.244 e. The van der Waals surface area contributed by atoms with E-state index in [1.54, 1.807) is 6.07 Å². The zero-order valence-corrected chi connectivity index (χ0v) is 12.0. The van der Waals surface area contributed by atoms with Gasteiger partial charge in [0.25, 0.3) is 0 Å². The van der Waals surface area contributed by atoms with Gasteiger partial charge in [-0.05, 0) is 18.2 Å². The summed E-state index contributed by atoms with van der Waals surface area (Å²) < 4.78 is 26.1. The van der Waals surface area contributed by atoms with Gasteiger partial charge in [0.2, 0.25) is 10.0 Å². The molecule has 0 atom stereocenters. The molecule has 0 aliphatic rings. The number of nitrogens with zero attached hydrogens (tertiary/aromatic N) is 4. The molecule has 0 amide bonds. The van der Waals surface area contributed by atoms with E-state index >= 15 is 0 Å². The lowest BCUT2D eigenvalue weighted by Crippen LogP contribution is -2.33. The second-order valence-electron chi connectivity index (χ2n) is 4.09. The molecule has 1 rings (SSSR count). The lowest BCUT2D eigenvalue weighted by Gasteiger charge is -2.20. The zero-order chi connectivity index (χ0) is 15.9. The van der Waals surface area contributed by atoms with Crippen LogP contribution in [0.15, 0.2) is 23.1 Å². The van der Waals surface area contributed by atoms with Gasteiger partial charge in [-0.2, -0.15) is 20.1 Å². The maximum atomic E-state index is 12.6. The van der Waals surface area contributed by atoms with E-state index in [1.165, 1.54) is 18.2 Å². The molecule has 7 nitrogen and oxygen atoms in total. The highest BCUT2D eigenvalue weighted by atomic mass is 32.2. The van der Waals surface area contributed by atoms with Crippen LogP contribution in [0, 0.1) is 34.0 Å². The Morgan fingerprint density at radius 1 is 1.10 bits per heavy atom. The Morgan fingerprint density at radius 2 is 1.67 bits per heavy atom. The van der Waals surface area contributed by atoms with Gasteiger partial charge in [-0.1, -0.05) is 0 Å². The Morgan fingerprint density at radius 3 is 2.14 bits per heavy atom. The fourth-order valence-corrected chi connectivity index (χ4v) is 3.26. The number of hydrogen-bond donors (Lipinski definition) is 1. The van der Waals surface area contributed by atoms with E-state index in [4.69, 9.17) is 21.5 Å². The molecular weight excluding hydrogens is 290 g/mol. The van der Waals surface area contributed by atoms with Crippen LogP contribution in [0.3, 0.4) is 0 Å². The number of anilines is 1. The maximum Gasteiger partial charge on any atom is 0.244 e. The minimum absolute atomic E-state index is 0.00151. The molecule has 0 radical (unpaired) electrons. The molecule has 1 aromatic carbocycles. The molecule has 0 unspecified atom stereocenters. The molecule has 0 aliphatic heterocycles. The number of sulfonamides is 1. The molecule has 0 heterocycles. The molecule has 0 saturated carbocycles. The first-order chi connectivity index (χ1) is 9.97. The fraction of sp³-hybridized carbons (Fsp3) is 0.308. The summed E-state index contributed by atoms with van der Waals surface area (Å²) in [7, 11) is -3.95. The molecular formula is C13H13N5O2S. The highest BCUT2D eigenvalue weighted by molar-refractivity contribution is 7.89. The summed E-state index contributed by atoms with van der Waals surface area (Å²) in [6, 6.07) is 9.44. The van der Waals surface area contributed by atoms with Crippen molar-refractivity contribution in [1.82, 2.24) is 4.31 Å². The van der Waals surface area contributed by atoms with E-state index < -0.39 is 10.0 Å². The zero-order valence-electron chi connectivity index (χ0n) is 11.2. The average molecular weight is 303 g/mol. The first kappa shape index (κ1) is 16.5. The van der Waals surface area contributed by atoms with Crippen LogP contribution >= 0.6 is 0 Å². The predicted molar refractivity (Wildman–Crippen MR) is 74.8 cm³/mol. The van der Waals surface area contributed by atoms with Crippen molar-refractivity contribution in [3.05, 3.63) is 23.8 Å². The van der Waals surface area contributed by atoms with Crippen LogP contribution in [0.4, 0.5) is 5.69 Å². The third kappa shape index (κ3) is 3.93. The minimum Gasteiger partial charge on any atom is -0.399 e. The van der Waals surface area contributed by atoms with E-state index in [0.717, 1.165) is 4.31 Å². The summed E-state index contributed by atoms with van der Waals surface area (Å²) >= 11 is 0. The maximum absolute atomic E-state index is 12.6. The van der Waals surface area contributed by atoms with Crippen LogP contribution in [0.5, 0.6) is 0 Å². The molecule has 21 heavy (non-hydrogen) atoms. The van der Waals surface area contributed by atoms with Crippen molar-refractivity contribution in [2.45, 2.75) is 17.7 Å². The normalized spacial score (nSPS) is 10.6. The van der Waals surface area contributed by atoms with Gasteiger partial charge in [0.15, 0.2) is 0 Å². The minimum atomic E-state index is -3.95. The molecule has 2 N–H and O–H groups in total. The Kier molecular flexibility index (Phi) is 5.68. The van der Waals surface area contributed by atoms with E-state index in [0.29, 0.717) is 0 Å². The molecule has 0 spiro atoms. The van der Waals surface area contributed by atoms with Crippen molar-refractivity contribution >= 4 is 15.7 Å². The third-order valence-electron chi connectivity index (χ3n) is 2.69. The monoisotopic (exact) mass is 303 g/mol. The topological polar surface area (TPSA) is 135 Å². The van der Waals surface area contributed by atoms with Crippen molar-refractivity contribution in [2.24, 2.45) is 0 Å². The fourth-order valence-electron chi connectivity index (χ4n) is 1.70. The van der Waals surface area contributed by atoms with Gasteiger partial charge in [0.1, 0.15) is 11.0 Å². The molecule has 0 bridgehead atoms. The van der Waals surface area contributed by atoms with Crippen LogP contribution < -0.4 is 5.73 Å². The molecule has 0 aromatic heterocycles. The molecule has 0 fully saturated rings. The predicted octanol–water partition coefficient (Wildman–Crippen LogP) is 0.959. The van der Waals surface area contributed by atoms with Gasteiger partial charge in [0.05, 0.1) is 17.7 Å². The molecule has 0 saturated heterocycles. The number of rotatable bonds is 6. The van der Waals surface area contributed by atoms with Gasteiger partial charge in [-0.25, -0.2) is 8.42 Å². The van der Waals surface area contributed by atoms with E-state index in [-0.39, 0.29) is 42.1 Å². The summed E-state index contributed by atoms with van der Waals surface area (Å²) in [5, 5.41) is 26.3. The van der Waals surface area contributed by atoms with Crippen molar-refractivity contribution in [3.63, 3.8) is 0 Å². The quantitative estimate of drug-likeness (QED) is 0.777. The lowest BCUT2D eigenvalue weighted by atomic mass is 10.2. The number of benzene rings is 1. The van der Waals surface area contributed by atoms with E-state index in [1.807, 2.05) is 12.1 Å². The number of nitriles is 3. The van der Waals surface area contributed by atoms with Gasteiger partial charge in [0, 0.05) is 31.6 Å². The van der Waals surface area contributed by atoms with Crippen LogP contribution in [0.1, 0.15) is 18.4 Å². The van der Waals surface area contributed by atoms with Crippen LogP contribution in [0.25, 0.3) is 0 Å². The third-order valence-corrected chi connectivity index (χ3v) is 4.64. The second-order valence-corrected chi connectivity index (χ2v) is 5.99. The number of hydrogen-bond acceptors (Lipinski definition) is 6. The summed E-state index contributed by atoms with van der Waals surface area (Å²) in [4.78, 5) is -0.171. The number of nitrogens with two attached hydrogens (primary N) is 1. The second kappa shape index (κ2) is 7.25. The van der Waals surface area contributed by atoms with Crippen LogP contribution in [-0.4, -0.2) is 25.8 Å². The Bertz CT molecular complexity index is 719. The average Bonchev–Trinajstić information content (AvgIpc) is 2.46. The van der Waals surface area contributed by atoms with Crippen molar-refractivity contribution in [1.29, 1.82) is 15.8 Å². The van der Waals surface area contributed by atoms with Crippen molar-refractivity contribution in [3.8, 4) is 18.2 Å². The SMILES string of the molecule is N#CCCN(CCC#N)S(=O)(=O)c1ccc(N)cc1C#N. The molecule has 0 aliphatic carbocycles. The Labute approximate surface area is 123 Å². The summed E-state index contributed by atoms with van der Waals surface area (Å²) in [6.07, 6.45) is 0.00301. The molecule has 8 heteroatoms. The van der Waals surface area contributed by atoms with E-state index in [9.17, 15) is 8.42 Å². The first-order valence-corrected chi connectivity index (χ1v) is 7.45. The Balaban J connectivity index is 3.26. The largest absolute Gasteiger partial charge is 0.399 e. The van der Waals surface area contributed by atoms with Gasteiger partial charge in [-0.15, -0.1) is 0 Å². The van der Waals surface area contributed by atoms with Crippen LogP contribution in [-0.2, 0) is 10.0 Å². The summed E-state index contributed by atoms with van der Waals surface area (Å²) in [6.45, 7) is -0.0640. The highest BCUT2D eigenvalue weighted by Gasteiger charge is 2.26. The van der Waals surface area contributed by atoms with Gasteiger partial charge >= 0.3 is 0 Å². The Hall–Kier alpha value is -2.60. The first-order valence-electron chi connectivity index (χ1n) is 6.01. The van der Waals surface area contributed by atoms with Crippen molar-refractivity contribution < 1.29 is 8.42 Å². The van der Waals surface area contributed by atoms with Gasteiger partial charge in [-0.3, -0.25) is 0 Å². The van der Waals surface area contributed by atoms with Crippen LogP contribution in [0.2, 0.25) is 0 Å². The lowest BCUT2D eigenvalue weighted by molar-refractivity contribution is 0.425. The molecule has 1 aromatic rings. The molecule has 108 valence electrons. The highest BCUT2D eigenvalue weighted by Crippen LogP contribution is 2.22. The number of nitrogen functional groups attached to an aromatic ring is 1. The summed E-state index contributed by atoms with van der Waals surface area (Å²) in [5.74, 6) is 0. The van der Waals surface area contributed by atoms with Crippen molar-refractivity contribution in [2.75, 3.05) is 18.8 Å².